The monoisotopic (exact) mass is 370 g/mol. The Morgan fingerprint density at radius 2 is 2.19 bits per heavy atom. The molecule has 1 aliphatic rings. The molecule has 0 radical (unpaired) electrons. The maximum absolute atomic E-state index is 5.93. The fourth-order valence-corrected chi connectivity index (χ4v) is 3.31. The first-order chi connectivity index (χ1) is 13.2. The van der Waals surface area contributed by atoms with Crippen molar-refractivity contribution in [3.8, 4) is 0 Å². The van der Waals surface area contributed by atoms with Gasteiger partial charge in [-0.2, -0.15) is 5.10 Å². The fourth-order valence-electron chi connectivity index (χ4n) is 3.31. The van der Waals surface area contributed by atoms with Crippen LogP contribution in [0.15, 0.2) is 47.7 Å². The molecule has 1 aromatic carbocycles. The average Bonchev–Trinajstić information content (AvgIpc) is 3.12. The van der Waals surface area contributed by atoms with E-state index in [0.717, 1.165) is 44.2 Å². The lowest BCUT2D eigenvalue weighted by Crippen LogP contribution is -2.49. The van der Waals surface area contributed by atoms with Crippen LogP contribution in [0.4, 0.5) is 0 Å². The maximum atomic E-state index is 5.93. The number of nitrogens with one attached hydrogen (secondary N) is 1. The Hall–Kier alpha value is -2.38. The van der Waals surface area contributed by atoms with Gasteiger partial charge >= 0.3 is 0 Å². The molecule has 2 heterocycles. The second-order valence-corrected chi connectivity index (χ2v) is 6.95. The molecule has 0 bridgehead atoms. The number of benzene rings is 1. The van der Waals surface area contributed by atoms with E-state index in [2.05, 4.69) is 62.6 Å². The molecule has 1 aliphatic heterocycles. The van der Waals surface area contributed by atoms with E-state index in [4.69, 9.17) is 4.74 Å². The molecule has 146 valence electrons. The van der Waals surface area contributed by atoms with E-state index in [0.29, 0.717) is 6.61 Å². The van der Waals surface area contributed by atoms with E-state index in [1.807, 2.05) is 31.2 Å². The highest BCUT2D eigenvalue weighted by Crippen LogP contribution is 2.21. The zero-order valence-electron chi connectivity index (χ0n) is 16.5. The van der Waals surface area contributed by atoms with Crippen molar-refractivity contribution in [3.05, 3.63) is 53.9 Å². The van der Waals surface area contributed by atoms with E-state index < -0.39 is 0 Å². The number of ether oxygens (including phenoxy) is 1. The third-order valence-corrected chi connectivity index (χ3v) is 4.75. The summed E-state index contributed by atoms with van der Waals surface area (Å²) in [6.07, 6.45) is 3.93. The van der Waals surface area contributed by atoms with E-state index in [-0.39, 0.29) is 6.10 Å². The van der Waals surface area contributed by atoms with Crippen LogP contribution in [0, 0.1) is 0 Å². The van der Waals surface area contributed by atoms with Gasteiger partial charge in [0.05, 0.1) is 19.3 Å². The van der Waals surface area contributed by atoms with Gasteiger partial charge in [0.1, 0.15) is 6.10 Å². The van der Waals surface area contributed by atoms with Crippen molar-refractivity contribution in [3.63, 3.8) is 0 Å². The second-order valence-electron chi connectivity index (χ2n) is 6.95. The van der Waals surface area contributed by atoms with Crippen LogP contribution < -0.4 is 5.32 Å². The van der Waals surface area contributed by atoms with Crippen molar-refractivity contribution in [1.82, 2.24) is 24.9 Å². The Morgan fingerprint density at radius 3 is 2.89 bits per heavy atom. The van der Waals surface area contributed by atoms with Gasteiger partial charge in [0.2, 0.25) is 0 Å². The Bertz CT molecular complexity index is 729. The largest absolute Gasteiger partial charge is 0.370 e. The lowest BCUT2D eigenvalue weighted by molar-refractivity contribution is -0.00804. The number of guanidine groups is 1. The topological polar surface area (TPSA) is 57.9 Å². The van der Waals surface area contributed by atoms with E-state index >= 15 is 0 Å². The van der Waals surface area contributed by atoms with Crippen LogP contribution >= 0.6 is 0 Å². The van der Waals surface area contributed by atoms with Gasteiger partial charge in [-0.25, -0.2) is 0 Å². The molecule has 3 rings (SSSR count). The first-order valence-electron chi connectivity index (χ1n) is 9.44. The van der Waals surface area contributed by atoms with Crippen LogP contribution in [0.2, 0.25) is 0 Å². The van der Waals surface area contributed by atoms with Gasteiger partial charge < -0.3 is 19.9 Å². The molecule has 1 saturated heterocycles. The molecular weight excluding hydrogens is 340 g/mol. The minimum absolute atomic E-state index is 0.0340. The molecule has 27 heavy (non-hydrogen) atoms. The van der Waals surface area contributed by atoms with Crippen LogP contribution in [0.25, 0.3) is 0 Å². The molecule has 1 N–H and O–H groups in total. The fraction of sp³-hybridized carbons (Fsp3) is 0.500. The number of aromatic nitrogens is 2. The van der Waals surface area contributed by atoms with Crippen molar-refractivity contribution in [2.45, 2.75) is 12.6 Å². The van der Waals surface area contributed by atoms with Crippen LogP contribution in [0.3, 0.4) is 0 Å². The number of nitrogens with zero attached hydrogens (tertiary/aromatic N) is 5. The maximum Gasteiger partial charge on any atom is 0.193 e. The number of likely N-dealkylation sites (N-methyl/N-ethyl adjacent to an activating group) is 1. The molecule has 1 atom stereocenters. The Kier molecular flexibility index (Phi) is 6.84. The van der Waals surface area contributed by atoms with Crippen LogP contribution in [0.5, 0.6) is 0 Å². The van der Waals surface area contributed by atoms with Crippen LogP contribution in [-0.4, -0.2) is 72.4 Å². The van der Waals surface area contributed by atoms with Gasteiger partial charge in [0.15, 0.2) is 5.96 Å². The van der Waals surface area contributed by atoms with Crippen LogP contribution in [0.1, 0.15) is 17.2 Å². The highest BCUT2D eigenvalue weighted by molar-refractivity contribution is 5.80. The summed E-state index contributed by atoms with van der Waals surface area (Å²) in [6, 6.07) is 10.5. The summed E-state index contributed by atoms with van der Waals surface area (Å²) in [6.45, 7) is 5.06. The van der Waals surface area contributed by atoms with Crippen molar-refractivity contribution in [1.29, 1.82) is 0 Å². The number of aliphatic imine (C=N–C) groups is 1. The van der Waals surface area contributed by atoms with E-state index in [1.54, 1.807) is 0 Å². The third kappa shape index (κ3) is 5.55. The SMILES string of the molecule is CN=C(NCCN(C)Cc1ccccc1)N1CCOC(c2cnn(C)c2)C1. The van der Waals surface area contributed by atoms with Crippen molar-refractivity contribution >= 4 is 5.96 Å². The zero-order chi connectivity index (χ0) is 19.1. The highest BCUT2D eigenvalue weighted by Gasteiger charge is 2.25. The normalized spacial score (nSPS) is 18.1. The second kappa shape index (κ2) is 9.53. The van der Waals surface area contributed by atoms with Crippen LogP contribution in [-0.2, 0) is 18.3 Å². The molecule has 1 unspecified atom stereocenters. The molecule has 1 fully saturated rings. The van der Waals surface area contributed by atoms with Crippen molar-refractivity contribution < 1.29 is 4.74 Å². The molecule has 2 aromatic rings. The minimum Gasteiger partial charge on any atom is -0.370 e. The number of morpholine rings is 1. The molecule has 0 amide bonds. The molecule has 1 aromatic heterocycles. The van der Waals surface area contributed by atoms with Crippen molar-refractivity contribution in [2.24, 2.45) is 12.0 Å². The summed E-state index contributed by atoms with van der Waals surface area (Å²) in [5, 5.41) is 7.74. The molecule has 0 spiro atoms. The van der Waals surface area contributed by atoms with Gasteiger partial charge in [-0.3, -0.25) is 9.67 Å². The summed E-state index contributed by atoms with van der Waals surface area (Å²) in [7, 11) is 5.91. The lowest BCUT2D eigenvalue weighted by Gasteiger charge is -2.35. The smallest absolute Gasteiger partial charge is 0.193 e. The van der Waals surface area contributed by atoms with Gasteiger partial charge in [-0.15, -0.1) is 0 Å². The lowest BCUT2D eigenvalue weighted by atomic mass is 10.1. The Morgan fingerprint density at radius 1 is 1.37 bits per heavy atom. The van der Waals surface area contributed by atoms with Gasteiger partial charge in [0.25, 0.3) is 0 Å². The molecule has 0 aliphatic carbocycles. The Labute approximate surface area is 161 Å². The van der Waals surface area contributed by atoms with Gasteiger partial charge in [0, 0.05) is 52.0 Å². The summed E-state index contributed by atoms with van der Waals surface area (Å²) in [4.78, 5) is 9.04. The van der Waals surface area contributed by atoms with Gasteiger partial charge in [-0.05, 0) is 12.6 Å². The first kappa shape index (κ1) is 19.4. The molecule has 7 heteroatoms. The highest BCUT2D eigenvalue weighted by atomic mass is 16.5. The molecule has 0 saturated carbocycles. The number of rotatable bonds is 6. The summed E-state index contributed by atoms with van der Waals surface area (Å²) in [5.41, 5.74) is 2.44. The summed E-state index contributed by atoms with van der Waals surface area (Å²) in [5.74, 6) is 0.931. The standard InChI is InChI=1S/C20H30N6O/c1-21-20(22-9-10-24(2)14-17-7-5-4-6-8-17)26-11-12-27-19(16-26)18-13-23-25(3)15-18/h4-8,13,15,19H,9-12,14,16H2,1-3H3,(H,21,22). The summed E-state index contributed by atoms with van der Waals surface area (Å²) >= 11 is 0. The first-order valence-corrected chi connectivity index (χ1v) is 9.44. The molecular formula is C20H30N6O. The van der Waals surface area contributed by atoms with E-state index in [9.17, 15) is 0 Å². The third-order valence-electron chi connectivity index (χ3n) is 4.75. The number of aryl methyl sites for hydroxylation is 1. The minimum atomic E-state index is 0.0340. The predicted octanol–water partition coefficient (Wildman–Crippen LogP) is 1.50. The van der Waals surface area contributed by atoms with E-state index in [1.165, 1.54) is 5.56 Å². The van der Waals surface area contributed by atoms with Crippen molar-refractivity contribution in [2.75, 3.05) is 46.9 Å². The van der Waals surface area contributed by atoms with Gasteiger partial charge in [-0.1, -0.05) is 30.3 Å². The summed E-state index contributed by atoms with van der Waals surface area (Å²) < 4.78 is 7.74. The Balaban J connectivity index is 1.47. The average molecular weight is 371 g/mol. The predicted molar refractivity (Wildman–Crippen MR) is 108 cm³/mol. The number of hydrogen-bond acceptors (Lipinski definition) is 4. The quantitative estimate of drug-likeness (QED) is 0.617. The number of hydrogen-bond donors (Lipinski definition) is 1. The molecule has 7 nitrogen and oxygen atoms in total. The zero-order valence-corrected chi connectivity index (χ0v) is 16.5.